The number of hydrogen-bond donors (Lipinski definition) is 1. The van der Waals surface area contributed by atoms with Crippen molar-refractivity contribution in [1.82, 2.24) is 15.1 Å². The molecular formula is C13H25N3. The van der Waals surface area contributed by atoms with Gasteiger partial charge >= 0.3 is 0 Å². The first-order valence-corrected chi connectivity index (χ1v) is 6.23. The van der Waals surface area contributed by atoms with Crippen molar-refractivity contribution < 1.29 is 0 Å². The lowest BCUT2D eigenvalue weighted by Gasteiger charge is -2.39. The summed E-state index contributed by atoms with van der Waals surface area (Å²) in [6, 6.07) is 1.10. The molecule has 2 atom stereocenters. The van der Waals surface area contributed by atoms with Crippen LogP contribution < -0.4 is 5.32 Å². The van der Waals surface area contributed by atoms with Gasteiger partial charge in [0, 0.05) is 38.1 Å². The van der Waals surface area contributed by atoms with Crippen LogP contribution in [0.15, 0.2) is 0 Å². The van der Waals surface area contributed by atoms with E-state index >= 15 is 0 Å². The summed E-state index contributed by atoms with van der Waals surface area (Å²) in [5.74, 6) is 2.77. The van der Waals surface area contributed by atoms with Gasteiger partial charge in [-0.15, -0.1) is 12.3 Å². The monoisotopic (exact) mass is 223 g/mol. The smallest absolute Gasteiger partial charge is 0.0241 e. The molecule has 0 bridgehead atoms. The van der Waals surface area contributed by atoms with Crippen molar-refractivity contribution in [1.29, 1.82) is 0 Å². The fourth-order valence-corrected chi connectivity index (χ4v) is 2.35. The van der Waals surface area contributed by atoms with Gasteiger partial charge in [0.1, 0.15) is 0 Å². The number of likely N-dealkylation sites (N-methyl/N-ethyl adjacent to an activating group) is 2. The molecule has 1 heterocycles. The summed E-state index contributed by atoms with van der Waals surface area (Å²) >= 11 is 0. The average Bonchev–Trinajstić information content (AvgIpc) is 2.24. The molecule has 3 heteroatoms. The Labute approximate surface area is 100 Å². The third kappa shape index (κ3) is 4.13. The zero-order valence-electron chi connectivity index (χ0n) is 10.9. The Hall–Kier alpha value is -0.560. The Morgan fingerprint density at radius 1 is 1.44 bits per heavy atom. The van der Waals surface area contributed by atoms with Gasteiger partial charge in [-0.1, -0.05) is 6.92 Å². The van der Waals surface area contributed by atoms with E-state index in [0.717, 1.165) is 32.5 Å². The number of terminal acetylenes is 1. The van der Waals surface area contributed by atoms with Crippen molar-refractivity contribution in [2.24, 2.45) is 0 Å². The standard InChI is InChI=1S/C13H25N3/c1-5-7-12(14-6-2)10-13-11-15(3)8-9-16(13)4/h1,12-14H,6-11H2,2-4H3. The summed E-state index contributed by atoms with van der Waals surface area (Å²) < 4.78 is 0. The van der Waals surface area contributed by atoms with Gasteiger partial charge < -0.3 is 15.1 Å². The zero-order chi connectivity index (χ0) is 12.0. The first-order chi connectivity index (χ1) is 7.67. The van der Waals surface area contributed by atoms with Crippen LogP contribution in [-0.4, -0.2) is 62.2 Å². The van der Waals surface area contributed by atoms with E-state index in [1.54, 1.807) is 0 Å². The lowest BCUT2D eigenvalue weighted by Crippen LogP contribution is -2.52. The molecule has 0 saturated carbocycles. The Morgan fingerprint density at radius 3 is 2.81 bits per heavy atom. The van der Waals surface area contributed by atoms with Crippen LogP contribution in [0.5, 0.6) is 0 Å². The molecule has 0 aliphatic carbocycles. The van der Waals surface area contributed by atoms with Crippen molar-refractivity contribution in [2.45, 2.75) is 31.8 Å². The summed E-state index contributed by atoms with van der Waals surface area (Å²) in [4.78, 5) is 4.87. The normalized spacial score (nSPS) is 25.2. The van der Waals surface area contributed by atoms with E-state index in [0.29, 0.717) is 12.1 Å². The van der Waals surface area contributed by atoms with Crippen LogP contribution in [0.4, 0.5) is 0 Å². The van der Waals surface area contributed by atoms with E-state index in [4.69, 9.17) is 6.42 Å². The second-order valence-corrected chi connectivity index (χ2v) is 4.80. The minimum atomic E-state index is 0.467. The van der Waals surface area contributed by atoms with Crippen LogP contribution in [-0.2, 0) is 0 Å². The SMILES string of the molecule is C#CCC(CC1CN(C)CCN1C)NCC. The fourth-order valence-electron chi connectivity index (χ4n) is 2.35. The minimum absolute atomic E-state index is 0.467. The molecule has 2 unspecified atom stereocenters. The van der Waals surface area contributed by atoms with Crippen LogP contribution in [0.2, 0.25) is 0 Å². The van der Waals surface area contributed by atoms with Gasteiger partial charge in [0.25, 0.3) is 0 Å². The fraction of sp³-hybridized carbons (Fsp3) is 0.846. The Morgan fingerprint density at radius 2 is 2.19 bits per heavy atom. The van der Waals surface area contributed by atoms with E-state index in [1.807, 2.05) is 0 Å². The van der Waals surface area contributed by atoms with E-state index < -0.39 is 0 Å². The molecule has 1 aliphatic heterocycles. The molecule has 1 rings (SSSR count). The Kier molecular flexibility index (Phi) is 5.83. The van der Waals surface area contributed by atoms with Gasteiger partial charge in [0.2, 0.25) is 0 Å². The highest BCUT2D eigenvalue weighted by Crippen LogP contribution is 2.13. The van der Waals surface area contributed by atoms with Crippen LogP contribution >= 0.6 is 0 Å². The molecule has 0 aromatic heterocycles. The molecule has 0 amide bonds. The number of rotatable bonds is 5. The number of nitrogens with zero attached hydrogens (tertiary/aromatic N) is 2. The van der Waals surface area contributed by atoms with Crippen LogP contribution in [0.3, 0.4) is 0 Å². The van der Waals surface area contributed by atoms with Crippen molar-refractivity contribution in [3.05, 3.63) is 0 Å². The average molecular weight is 223 g/mol. The maximum Gasteiger partial charge on any atom is 0.0241 e. The quantitative estimate of drug-likeness (QED) is 0.690. The molecule has 3 nitrogen and oxygen atoms in total. The van der Waals surface area contributed by atoms with Gasteiger partial charge in [-0.25, -0.2) is 0 Å². The van der Waals surface area contributed by atoms with E-state index in [2.05, 4.69) is 42.1 Å². The maximum absolute atomic E-state index is 5.41. The Balaban J connectivity index is 2.45. The summed E-state index contributed by atoms with van der Waals surface area (Å²) in [5.41, 5.74) is 0. The summed E-state index contributed by atoms with van der Waals surface area (Å²) in [6.07, 6.45) is 7.40. The molecular weight excluding hydrogens is 198 g/mol. The predicted molar refractivity (Wildman–Crippen MR) is 69.4 cm³/mol. The van der Waals surface area contributed by atoms with Gasteiger partial charge in [0.05, 0.1) is 0 Å². The lowest BCUT2D eigenvalue weighted by atomic mass is 10.0. The van der Waals surface area contributed by atoms with Gasteiger partial charge in [-0.3, -0.25) is 0 Å². The van der Waals surface area contributed by atoms with Crippen LogP contribution in [0.1, 0.15) is 19.8 Å². The molecule has 92 valence electrons. The third-order valence-electron chi connectivity index (χ3n) is 3.39. The summed E-state index contributed by atoms with van der Waals surface area (Å²) in [7, 11) is 4.42. The molecule has 0 spiro atoms. The van der Waals surface area contributed by atoms with Crippen molar-refractivity contribution in [3.8, 4) is 12.3 Å². The number of nitrogens with one attached hydrogen (secondary N) is 1. The topological polar surface area (TPSA) is 18.5 Å². The molecule has 1 saturated heterocycles. The summed E-state index contributed by atoms with van der Waals surface area (Å²) in [5, 5.41) is 3.48. The number of hydrogen-bond acceptors (Lipinski definition) is 3. The highest BCUT2D eigenvalue weighted by molar-refractivity contribution is 4.92. The van der Waals surface area contributed by atoms with Gasteiger partial charge in [0.15, 0.2) is 0 Å². The van der Waals surface area contributed by atoms with Crippen LogP contribution in [0, 0.1) is 12.3 Å². The highest BCUT2D eigenvalue weighted by atomic mass is 15.3. The van der Waals surface area contributed by atoms with E-state index in [1.165, 1.54) is 6.54 Å². The molecule has 0 aromatic carbocycles. The summed E-state index contributed by atoms with van der Waals surface area (Å²) in [6.45, 7) is 6.63. The first-order valence-electron chi connectivity index (χ1n) is 6.23. The second-order valence-electron chi connectivity index (χ2n) is 4.80. The predicted octanol–water partition coefficient (Wildman–Crippen LogP) is 0.624. The van der Waals surface area contributed by atoms with Gasteiger partial charge in [-0.2, -0.15) is 0 Å². The Bertz CT molecular complexity index is 234. The first kappa shape index (κ1) is 13.5. The maximum atomic E-state index is 5.41. The molecule has 1 N–H and O–H groups in total. The molecule has 1 aliphatic rings. The molecule has 0 radical (unpaired) electrons. The van der Waals surface area contributed by atoms with E-state index in [9.17, 15) is 0 Å². The second kappa shape index (κ2) is 6.90. The lowest BCUT2D eigenvalue weighted by molar-refractivity contribution is 0.101. The largest absolute Gasteiger partial charge is 0.313 e. The molecule has 0 aromatic rings. The third-order valence-corrected chi connectivity index (χ3v) is 3.39. The molecule has 1 fully saturated rings. The minimum Gasteiger partial charge on any atom is -0.313 e. The van der Waals surface area contributed by atoms with Gasteiger partial charge in [-0.05, 0) is 27.1 Å². The van der Waals surface area contributed by atoms with Crippen molar-refractivity contribution in [3.63, 3.8) is 0 Å². The van der Waals surface area contributed by atoms with E-state index in [-0.39, 0.29) is 0 Å². The molecule has 16 heavy (non-hydrogen) atoms. The highest BCUT2D eigenvalue weighted by Gasteiger charge is 2.24. The number of piperazine rings is 1. The van der Waals surface area contributed by atoms with Crippen molar-refractivity contribution in [2.75, 3.05) is 40.3 Å². The zero-order valence-corrected chi connectivity index (χ0v) is 10.9. The van der Waals surface area contributed by atoms with Crippen molar-refractivity contribution >= 4 is 0 Å². The van der Waals surface area contributed by atoms with Crippen LogP contribution in [0.25, 0.3) is 0 Å².